The number of carbonyl (C=O) groups excluding carboxylic acids is 1. The van der Waals surface area contributed by atoms with Crippen molar-refractivity contribution < 1.29 is 9.32 Å². The molecule has 0 atom stereocenters. The van der Waals surface area contributed by atoms with E-state index in [1.54, 1.807) is 11.6 Å². The van der Waals surface area contributed by atoms with Crippen LogP contribution in [0.3, 0.4) is 0 Å². The zero-order valence-corrected chi connectivity index (χ0v) is 15.0. The van der Waals surface area contributed by atoms with Crippen LogP contribution in [0.25, 0.3) is 6.08 Å². The fraction of sp³-hybridized carbons (Fsp3) is 0.500. The molecular weight excluding hydrogens is 320 g/mol. The Balaban J connectivity index is 1.92. The third-order valence-corrected chi connectivity index (χ3v) is 5.11. The van der Waals surface area contributed by atoms with Crippen molar-refractivity contribution in [2.75, 3.05) is 5.32 Å². The molecule has 7 nitrogen and oxygen atoms in total. The van der Waals surface area contributed by atoms with Crippen molar-refractivity contribution in [3.05, 3.63) is 39.6 Å². The maximum absolute atomic E-state index is 12.9. The molecule has 0 saturated heterocycles. The molecule has 7 heteroatoms. The van der Waals surface area contributed by atoms with Gasteiger partial charge in [0.05, 0.1) is 11.7 Å². The van der Waals surface area contributed by atoms with Crippen molar-refractivity contribution in [3.63, 3.8) is 0 Å². The summed E-state index contributed by atoms with van der Waals surface area (Å²) in [5.41, 5.74) is 1.65. The van der Waals surface area contributed by atoms with Crippen LogP contribution in [0.4, 0.5) is 5.69 Å². The van der Waals surface area contributed by atoms with Gasteiger partial charge in [0, 0.05) is 12.6 Å². The summed E-state index contributed by atoms with van der Waals surface area (Å²) in [6, 6.07) is 0.191. The highest BCUT2D eigenvalue weighted by molar-refractivity contribution is 6.04. The van der Waals surface area contributed by atoms with E-state index < -0.39 is 5.91 Å². The van der Waals surface area contributed by atoms with Crippen molar-refractivity contribution in [1.82, 2.24) is 14.5 Å². The number of nitrogens with zero attached hydrogens (tertiary/aromatic N) is 3. The first-order valence-electron chi connectivity index (χ1n) is 8.63. The van der Waals surface area contributed by atoms with Crippen molar-refractivity contribution in [2.24, 2.45) is 7.05 Å². The number of hydrogen-bond donors (Lipinski definition) is 1. The molecule has 25 heavy (non-hydrogen) atoms. The molecule has 3 rings (SSSR count). The van der Waals surface area contributed by atoms with E-state index in [-0.39, 0.29) is 17.3 Å². The number of rotatable bonds is 4. The summed E-state index contributed by atoms with van der Waals surface area (Å²) in [5, 5.41) is 6.51. The first-order chi connectivity index (χ1) is 12.0. The Bertz CT molecular complexity index is 866. The Kier molecular flexibility index (Phi) is 4.65. The van der Waals surface area contributed by atoms with Gasteiger partial charge in [-0.15, -0.1) is 0 Å². The second-order valence-electron chi connectivity index (χ2n) is 6.60. The van der Waals surface area contributed by atoms with E-state index in [2.05, 4.69) is 17.1 Å². The average Bonchev–Trinajstić information content (AvgIpc) is 3.08. The molecule has 1 saturated carbocycles. The number of hydrogen-bond acceptors (Lipinski definition) is 4. The lowest BCUT2D eigenvalue weighted by molar-refractivity contribution is 0.101. The quantitative estimate of drug-likeness (QED) is 0.923. The van der Waals surface area contributed by atoms with Crippen molar-refractivity contribution in [1.29, 1.82) is 0 Å². The minimum Gasteiger partial charge on any atom is -0.356 e. The molecule has 2 aromatic rings. The Labute approximate surface area is 146 Å². The van der Waals surface area contributed by atoms with Crippen LogP contribution >= 0.6 is 0 Å². The zero-order valence-electron chi connectivity index (χ0n) is 15.0. The van der Waals surface area contributed by atoms with Gasteiger partial charge >= 0.3 is 0 Å². The topological polar surface area (TPSA) is 82.1 Å². The standard InChI is InChI=1S/C18H24N4O3/c1-5-14-11(2)15(20-25-14)17(23)19-16-12(3)21(4)22(18(16)24)13-9-7-6-8-10-13/h5,13H,1,6-10H2,2-4H3,(H,19,23). The SMILES string of the molecule is C=Cc1onc(C(=O)Nc2c(C)n(C)n(C3CCCCC3)c2=O)c1C. The Hall–Kier alpha value is -2.57. The predicted molar refractivity (Wildman–Crippen MR) is 95.8 cm³/mol. The van der Waals surface area contributed by atoms with E-state index >= 15 is 0 Å². The van der Waals surface area contributed by atoms with Gasteiger partial charge in [0.15, 0.2) is 11.5 Å². The largest absolute Gasteiger partial charge is 0.356 e. The summed E-state index contributed by atoms with van der Waals surface area (Å²) in [4.78, 5) is 25.4. The highest BCUT2D eigenvalue weighted by Gasteiger charge is 2.25. The summed E-state index contributed by atoms with van der Waals surface area (Å²) >= 11 is 0. The molecule has 0 bridgehead atoms. The summed E-state index contributed by atoms with van der Waals surface area (Å²) in [6.07, 6.45) is 6.97. The molecule has 2 aromatic heterocycles. The number of anilines is 1. The third kappa shape index (κ3) is 2.94. The van der Waals surface area contributed by atoms with Gasteiger partial charge in [-0.25, -0.2) is 4.68 Å². The second-order valence-corrected chi connectivity index (χ2v) is 6.60. The number of carbonyl (C=O) groups is 1. The first-order valence-corrected chi connectivity index (χ1v) is 8.63. The minimum absolute atomic E-state index is 0.162. The Morgan fingerprint density at radius 1 is 1.32 bits per heavy atom. The van der Waals surface area contributed by atoms with E-state index in [0.29, 0.717) is 17.0 Å². The van der Waals surface area contributed by atoms with Crippen molar-refractivity contribution in [2.45, 2.75) is 52.0 Å². The smallest absolute Gasteiger partial charge is 0.291 e. The molecule has 1 aliphatic rings. The third-order valence-electron chi connectivity index (χ3n) is 5.11. The van der Waals surface area contributed by atoms with E-state index in [1.807, 2.05) is 18.7 Å². The molecule has 0 aliphatic heterocycles. The van der Waals surface area contributed by atoms with Crippen LogP contribution in [0, 0.1) is 13.8 Å². The van der Waals surface area contributed by atoms with Crippen LogP contribution in [0.2, 0.25) is 0 Å². The van der Waals surface area contributed by atoms with E-state index in [4.69, 9.17) is 4.52 Å². The molecule has 0 spiro atoms. The van der Waals surface area contributed by atoms with Gasteiger partial charge in [0.25, 0.3) is 11.5 Å². The summed E-state index contributed by atoms with van der Waals surface area (Å²) in [6.45, 7) is 7.19. The van der Waals surface area contributed by atoms with E-state index in [0.717, 1.165) is 31.4 Å². The van der Waals surface area contributed by atoms with Crippen LogP contribution in [0.15, 0.2) is 15.9 Å². The van der Waals surface area contributed by atoms with Crippen LogP contribution in [0.1, 0.15) is 65.7 Å². The molecule has 0 radical (unpaired) electrons. The van der Waals surface area contributed by atoms with E-state index in [9.17, 15) is 9.59 Å². The summed E-state index contributed by atoms with van der Waals surface area (Å²) in [7, 11) is 1.86. The molecule has 134 valence electrons. The van der Waals surface area contributed by atoms with Gasteiger partial charge in [-0.05, 0) is 32.8 Å². The van der Waals surface area contributed by atoms with Gasteiger partial charge in [0.2, 0.25) is 0 Å². The van der Waals surface area contributed by atoms with Gasteiger partial charge < -0.3 is 9.84 Å². The maximum Gasteiger partial charge on any atom is 0.291 e. The average molecular weight is 344 g/mol. The normalized spacial score (nSPS) is 15.3. The lowest BCUT2D eigenvalue weighted by atomic mass is 9.96. The van der Waals surface area contributed by atoms with Crippen LogP contribution < -0.4 is 10.9 Å². The first kappa shape index (κ1) is 17.3. The number of aromatic nitrogens is 3. The molecule has 1 N–H and O–H groups in total. The van der Waals surface area contributed by atoms with Crippen LogP contribution in [-0.4, -0.2) is 20.4 Å². The fourth-order valence-corrected chi connectivity index (χ4v) is 3.53. The molecule has 0 unspecified atom stereocenters. The van der Waals surface area contributed by atoms with Crippen molar-refractivity contribution in [3.8, 4) is 0 Å². The molecule has 0 aromatic carbocycles. The number of amides is 1. The molecule has 1 aliphatic carbocycles. The van der Waals surface area contributed by atoms with Gasteiger partial charge in [-0.1, -0.05) is 31.0 Å². The zero-order chi connectivity index (χ0) is 18.1. The second kappa shape index (κ2) is 6.74. The maximum atomic E-state index is 12.9. The van der Waals surface area contributed by atoms with Gasteiger partial charge in [-0.3, -0.25) is 14.3 Å². The lowest BCUT2D eigenvalue weighted by Crippen LogP contribution is -2.29. The van der Waals surface area contributed by atoms with Crippen LogP contribution in [0.5, 0.6) is 0 Å². The van der Waals surface area contributed by atoms with Crippen LogP contribution in [-0.2, 0) is 7.05 Å². The Morgan fingerprint density at radius 3 is 2.60 bits per heavy atom. The lowest BCUT2D eigenvalue weighted by Gasteiger charge is -2.24. The van der Waals surface area contributed by atoms with Gasteiger partial charge in [-0.2, -0.15) is 0 Å². The molecule has 2 heterocycles. The molecule has 1 fully saturated rings. The van der Waals surface area contributed by atoms with E-state index in [1.165, 1.54) is 12.5 Å². The van der Waals surface area contributed by atoms with Gasteiger partial charge in [0.1, 0.15) is 5.69 Å². The fourth-order valence-electron chi connectivity index (χ4n) is 3.53. The molecule has 1 amide bonds. The predicted octanol–water partition coefficient (Wildman–Crippen LogP) is 3.19. The Morgan fingerprint density at radius 2 is 2.00 bits per heavy atom. The molecular formula is C18H24N4O3. The van der Waals surface area contributed by atoms with Crippen molar-refractivity contribution >= 4 is 17.7 Å². The minimum atomic E-state index is -0.448. The summed E-state index contributed by atoms with van der Waals surface area (Å²) in [5.74, 6) is 0.00509. The number of nitrogens with one attached hydrogen (secondary N) is 1. The highest BCUT2D eigenvalue weighted by Crippen LogP contribution is 2.28. The monoisotopic (exact) mass is 344 g/mol. The highest BCUT2D eigenvalue weighted by atomic mass is 16.5. The summed E-state index contributed by atoms with van der Waals surface area (Å²) < 4.78 is 8.69.